The summed E-state index contributed by atoms with van der Waals surface area (Å²) in [6, 6.07) is 6.78. The normalized spacial score (nSPS) is 13.2. The molecule has 0 bridgehead atoms. The van der Waals surface area contributed by atoms with Gasteiger partial charge >= 0.3 is 0 Å². The van der Waals surface area contributed by atoms with Gasteiger partial charge in [-0.1, -0.05) is 0 Å². The largest absolute Gasteiger partial charge is 0.507 e. The second-order valence-electron chi connectivity index (χ2n) is 6.52. The third-order valence-electron chi connectivity index (χ3n) is 4.81. The van der Waals surface area contributed by atoms with E-state index < -0.39 is 11.5 Å². The molecule has 1 aliphatic rings. The van der Waals surface area contributed by atoms with Crippen molar-refractivity contribution in [1.82, 2.24) is 9.55 Å². The summed E-state index contributed by atoms with van der Waals surface area (Å²) in [5.41, 5.74) is 1.20. The van der Waals surface area contributed by atoms with E-state index in [1.165, 1.54) is 12.4 Å². The van der Waals surface area contributed by atoms with Gasteiger partial charge in [0.2, 0.25) is 0 Å². The highest BCUT2D eigenvalue weighted by molar-refractivity contribution is 6.06. The number of aromatic hydroxyl groups is 1. The predicted octanol–water partition coefficient (Wildman–Crippen LogP) is 2.72. The summed E-state index contributed by atoms with van der Waals surface area (Å²) in [5, 5.41) is 13.4. The summed E-state index contributed by atoms with van der Waals surface area (Å²) in [5.74, 6) is -0.224. The maximum absolute atomic E-state index is 13.1. The van der Waals surface area contributed by atoms with Crippen LogP contribution in [0, 0.1) is 0 Å². The van der Waals surface area contributed by atoms with E-state index in [0.29, 0.717) is 29.9 Å². The number of fused-ring (bicyclic) bond motifs is 1. The maximum atomic E-state index is 13.1. The van der Waals surface area contributed by atoms with Crippen molar-refractivity contribution in [2.75, 3.05) is 5.32 Å². The van der Waals surface area contributed by atoms with Crippen molar-refractivity contribution in [3.05, 3.63) is 75.9 Å². The number of carbonyl (C=O) groups excluding carboxylic acids is 1. The number of anilines is 1. The maximum Gasteiger partial charge on any atom is 0.267 e. The average Bonchev–Trinajstić information content (AvgIpc) is 3.19. The Bertz CT molecular complexity index is 1020. The van der Waals surface area contributed by atoms with Crippen molar-refractivity contribution >= 4 is 11.6 Å². The van der Waals surface area contributed by atoms with Gasteiger partial charge in [-0.3, -0.25) is 14.6 Å². The highest BCUT2D eigenvalue weighted by Gasteiger charge is 2.27. The Balaban J connectivity index is 1.81. The molecular weight excluding hydrogens is 346 g/mol. The Kier molecular flexibility index (Phi) is 4.50. The van der Waals surface area contributed by atoms with Crippen LogP contribution in [0.25, 0.3) is 0 Å². The van der Waals surface area contributed by atoms with Crippen LogP contribution < -0.4 is 10.9 Å². The van der Waals surface area contributed by atoms with Gasteiger partial charge in [0.25, 0.3) is 11.5 Å². The van der Waals surface area contributed by atoms with Gasteiger partial charge in [0.15, 0.2) is 0 Å². The second-order valence-corrected chi connectivity index (χ2v) is 6.52. The number of furan rings is 1. The molecule has 7 nitrogen and oxygen atoms in total. The van der Waals surface area contributed by atoms with E-state index in [1.807, 2.05) is 0 Å². The zero-order valence-electron chi connectivity index (χ0n) is 14.6. The van der Waals surface area contributed by atoms with Gasteiger partial charge in [0.1, 0.15) is 17.1 Å². The number of amides is 1. The summed E-state index contributed by atoms with van der Waals surface area (Å²) in [6.45, 7) is 0.226. The lowest BCUT2D eigenvalue weighted by atomic mass is 9.93. The van der Waals surface area contributed by atoms with E-state index in [1.54, 1.807) is 35.1 Å². The fourth-order valence-electron chi connectivity index (χ4n) is 3.51. The molecule has 1 aliphatic carbocycles. The molecule has 0 atom stereocenters. The van der Waals surface area contributed by atoms with Gasteiger partial charge in [0, 0.05) is 29.3 Å². The van der Waals surface area contributed by atoms with Crippen molar-refractivity contribution < 1.29 is 14.3 Å². The first kappa shape index (κ1) is 17.1. The van der Waals surface area contributed by atoms with Crippen molar-refractivity contribution in [2.45, 2.75) is 32.2 Å². The molecular formula is C20H19N3O4. The van der Waals surface area contributed by atoms with Gasteiger partial charge < -0.3 is 19.4 Å². The molecule has 0 saturated carbocycles. The van der Waals surface area contributed by atoms with Gasteiger partial charge in [-0.2, -0.15) is 0 Å². The summed E-state index contributed by atoms with van der Waals surface area (Å²) in [4.78, 5) is 29.8. The summed E-state index contributed by atoms with van der Waals surface area (Å²) in [7, 11) is 0. The third kappa shape index (κ3) is 3.23. The van der Waals surface area contributed by atoms with E-state index >= 15 is 0 Å². The number of hydrogen-bond acceptors (Lipinski definition) is 5. The molecule has 0 aromatic carbocycles. The average molecular weight is 365 g/mol. The number of nitrogens with zero attached hydrogens (tertiary/aromatic N) is 2. The zero-order valence-corrected chi connectivity index (χ0v) is 14.6. The SMILES string of the molecule is O=C(Nc1ccncc1)c1c(O)c2c(n(Cc3ccco3)c1=O)CCCC2. The van der Waals surface area contributed by atoms with Crippen LogP contribution in [0.3, 0.4) is 0 Å². The lowest BCUT2D eigenvalue weighted by Gasteiger charge is -2.23. The minimum absolute atomic E-state index is 0.211. The predicted molar refractivity (Wildman–Crippen MR) is 99.0 cm³/mol. The minimum Gasteiger partial charge on any atom is -0.507 e. The molecule has 2 N–H and O–H groups in total. The van der Waals surface area contributed by atoms with Crippen molar-refractivity contribution in [1.29, 1.82) is 0 Å². The second kappa shape index (κ2) is 7.11. The van der Waals surface area contributed by atoms with Crippen molar-refractivity contribution in [3.63, 3.8) is 0 Å². The molecule has 7 heteroatoms. The van der Waals surface area contributed by atoms with Crippen LogP contribution in [0.2, 0.25) is 0 Å². The molecule has 3 aromatic rings. The molecule has 3 aromatic heterocycles. The van der Waals surface area contributed by atoms with E-state index in [-0.39, 0.29) is 17.9 Å². The highest BCUT2D eigenvalue weighted by atomic mass is 16.3. The lowest BCUT2D eigenvalue weighted by Crippen LogP contribution is -2.34. The first-order valence-electron chi connectivity index (χ1n) is 8.86. The Labute approximate surface area is 155 Å². The summed E-state index contributed by atoms with van der Waals surface area (Å²) in [6.07, 6.45) is 7.79. The Hall–Kier alpha value is -3.35. The molecule has 0 radical (unpaired) electrons. The fourth-order valence-corrected chi connectivity index (χ4v) is 3.51. The van der Waals surface area contributed by atoms with Crippen LogP contribution in [0.5, 0.6) is 5.75 Å². The van der Waals surface area contributed by atoms with Crippen LogP contribution in [-0.4, -0.2) is 20.6 Å². The number of pyridine rings is 2. The van der Waals surface area contributed by atoms with Crippen molar-refractivity contribution in [3.8, 4) is 5.75 Å². The fraction of sp³-hybridized carbons (Fsp3) is 0.250. The van der Waals surface area contributed by atoms with Crippen LogP contribution in [0.15, 0.2) is 52.1 Å². The number of rotatable bonds is 4. The molecule has 4 rings (SSSR count). The highest BCUT2D eigenvalue weighted by Crippen LogP contribution is 2.31. The molecule has 3 heterocycles. The molecule has 0 unspecified atom stereocenters. The van der Waals surface area contributed by atoms with Crippen molar-refractivity contribution in [2.24, 2.45) is 0 Å². The van der Waals surface area contributed by atoms with Gasteiger partial charge in [0.05, 0.1) is 12.8 Å². The third-order valence-corrected chi connectivity index (χ3v) is 4.81. The van der Waals surface area contributed by atoms with E-state index in [9.17, 15) is 14.7 Å². The standard InChI is InChI=1S/C20H19N3O4/c24-18-15-5-1-2-6-16(15)23(12-14-4-3-11-27-14)20(26)17(18)19(25)22-13-7-9-21-10-8-13/h3-4,7-11,24H,1-2,5-6,12H2,(H,21,22,25). The first-order chi connectivity index (χ1) is 13.1. The number of aromatic nitrogens is 2. The smallest absolute Gasteiger partial charge is 0.267 e. The van der Waals surface area contributed by atoms with E-state index in [4.69, 9.17) is 4.42 Å². The van der Waals surface area contributed by atoms with Crippen LogP contribution in [0.4, 0.5) is 5.69 Å². The molecule has 0 aliphatic heterocycles. The molecule has 0 fully saturated rings. The van der Waals surface area contributed by atoms with E-state index in [0.717, 1.165) is 18.5 Å². The zero-order chi connectivity index (χ0) is 18.8. The topological polar surface area (TPSA) is 97.4 Å². The Morgan fingerprint density at radius 1 is 1.22 bits per heavy atom. The number of carbonyl (C=O) groups is 1. The lowest BCUT2D eigenvalue weighted by molar-refractivity contribution is 0.102. The quantitative estimate of drug-likeness (QED) is 0.741. The summed E-state index contributed by atoms with van der Waals surface area (Å²) < 4.78 is 6.93. The first-order valence-corrected chi connectivity index (χ1v) is 8.86. The Morgan fingerprint density at radius 3 is 2.74 bits per heavy atom. The van der Waals surface area contributed by atoms with Gasteiger partial charge in [-0.05, 0) is 49.9 Å². The number of hydrogen-bond donors (Lipinski definition) is 2. The monoisotopic (exact) mass is 365 g/mol. The molecule has 27 heavy (non-hydrogen) atoms. The van der Waals surface area contributed by atoms with Gasteiger partial charge in [-0.15, -0.1) is 0 Å². The van der Waals surface area contributed by atoms with Crippen LogP contribution in [-0.2, 0) is 19.4 Å². The van der Waals surface area contributed by atoms with Crippen LogP contribution >= 0.6 is 0 Å². The molecule has 0 spiro atoms. The molecule has 1 amide bonds. The minimum atomic E-state index is -0.634. The van der Waals surface area contributed by atoms with Gasteiger partial charge in [-0.25, -0.2) is 0 Å². The molecule has 138 valence electrons. The molecule has 0 saturated heterocycles. The Morgan fingerprint density at radius 2 is 2.00 bits per heavy atom. The van der Waals surface area contributed by atoms with E-state index in [2.05, 4.69) is 10.3 Å². The van der Waals surface area contributed by atoms with Crippen LogP contribution in [0.1, 0.15) is 40.2 Å². The number of nitrogens with one attached hydrogen (secondary N) is 1. The summed E-state index contributed by atoms with van der Waals surface area (Å²) >= 11 is 0.